The summed E-state index contributed by atoms with van der Waals surface area (Å²) < 4.78 is 12.0. The summed E-state index contributed by atoms with van der Waals surface area (Å²) in [6.45, 7) is 1.30. The number of carbonyl (C=O) groups excluding carboxylic acids is 1. The number of halogens is 1. The van der Waals surface area contributed by atoms with Crippen LogP contribution in [0.1, 0.15) is 17.5 Å². The zero-order chi connectivity index (χ0) is 17.9. The van der Waals surface area contributed by atoms with Crippen molar-refractivity contribution in [1.82, 2.24) is 9.88 Å². The van der Waals surface area contributed by atoms with Gasteiger partial charge in [0.05, 0.1) is 25.3 Å². The topological polar surface area (TPSA) is 51.7 Å². The van der Waals surface area contributed by atoms with Gasteiger partial charge in [0.1, 0.15) is 11.2 Å². The molecule has 134 valence electrons. The molecule has 26 heavy (non-hydrogen) atoms. The smallest absolute Gasteiger partial charge is 0.411 e. The molecular weight excluding hydrogens is 396 g/mol. The molecule has 1 amide bonds. The summed E-state index contributed by atoms with van der Waals surface area (Å²) >= 11 is 3.36. The maximum Gasteiger partial charge on any atom is 0.411 e. The minimum absolute atomic E-state index is 0.0133. The molecule has 0 spiro atoms. The van der Waals surface area contributed by atoms with Crippen molar-refractivity contribution in [2.24, 2.45) is 0 Å². The van der Waals surface area contributed by atoms with Gasteiger partial charge in [0.15, 0.2) is 0 Å². The van der Waals surface area contributed by atoms with Crippen molar-refractivity contribution in [2.45, 2.75) is 25.1 Å². The van der Waals surface area contributed by atoms with E-state index < -0.39 is 0 Å². The maximum atomic E-state index is 12.7. The fourth-order valence-corrected chi connectivity index (χ4v) is 3.69. The van der Waals surface area contributed by atoms with Gasteiger partial charge in [-0.05, 0) is 45.1 Å². The lowest BCUT2D eigenvalue weighted by Gasteiger charge is -2.43. The van der Waals surface area contributed by atoms with Crippen molar-refractivity contribution in [3.8, 4) is 0 Å². The fourth-order valence-electron chi connectivity index (χ4n) is 3.45. The third-order valence-corrected chi connectivity index (χ3v) is 5.18. The predicted molar refractivity (Wildman–Crippen MR) is 101 cm³/mol. The Morgan fingerprint density at radius 3 is 2.81 bits per heavy atom. The van der Waals surface area contributed by atoms with Crippen LogP contribution in [0, 0.1) is 0 Å². The highest BCUT2D eigenvalue weighted by Crippen LogP contribution is 2.33. The van der Waals surface area contributed by atoms with Crippen LogP contribution >= 0.6 is 15.9 Å². The fraction of sp³-hybridized carbons (Fsp3) is 0.300. The van der Waals surface area contributed by atoms with E-state index in [0.717, 1.165) is 22.2 Å². The predicted octanol–water partition coefficient (Wildman–Crippen LogP) is 4.04. The number of benzene rings is 1. The van der Waals surface area contributed by atoms with Gasteiger partial charge in [-0.3, -0.25) is 4.90 Å². The zero-order valence-corrected chi connectivity index (χ0v) is 15.8. The minimum atomic E-state index is -0.281. The molecule has 2 unspecified atom stereocenters. The van der Waals surface area contributed by atoms with Gasteiger partial charge in [-0.1, -0.05) is 42.5 Å². The van der Waals surface area contributed by atoms with Gasteiger partial charge in [-0.25, -0.2) is 9.78 Å². The zero-order valence-electron chi connectivity index (χ0n) is 14.2. The molecule has 1 aromatic heterocycles. The van der Waals surface area contributed by atoms with Crippen LogP contribution in [0.15, 0.2) is 59.3 Å². The summed E-state index contributed by atoms with van der Waals surface area (Å²) in [7, 11) is 0. The maximum absolute atomic E-state index is 12.7. The molecule has 1 fully saturated rings. The molecule has 2 aromatic rings. The quantitative estimate of drug-likeness (QED) is 0.711. The van der Waals surface area contributed by atoms with Crippen molar-refractivity contribution in [1.29, 1.82) is 0 Å². The molecule has 0 radical (unpaired) electrons. The molecule has 2 atom stereocenters. The molecule has 3 heterocycles. The molecule has 4 rings (SSSR count). The largest absolute Gasteiger partial charge is 0.445 e. The molecule has 2 aliphatic rings. The Labute approximate surface area is 160 Å². The second-order valence-corrected chi connectivity index (χ2v) is 7.28. The van der Waals surface area contributed by atoms with E-state index in [2.05, 4.69) is 27.0 Å². The number of nitrogens with zero attached hydrogens (tertiary/aromatic N) is 2. The Kier molecular flexibility index (Phi) is 5.04. The van der Waals surface area contributed by atoms with Crippen LogP contribution in [0.5, 0.6) is 0 Å². The van der Waals surface area contributed by atoms with Crippen molar-refractivity contribution in [3.05, 3.63) is 70.5 Å². The van der Waals surface area contributed by atoms with Crippen LogP contribution < -0.4 is 0 Å². The number of ether oxygens (including phenoxy) is 2. The van der Waals surface area contributed by atoms with E-state index in [9.17, 15) is 4.79 Å². The first kappa shape index (κ1) is 17.2. The van der Waals surface area contributed by atoms with Gasteiger partial charge in [-0.15, -0.1) is 0 Å². The molecule has 0 N–H and O–H groups in total. The molecule has 0 saturated carbocycles. The Morgan fingerprint density at radius 1 is 1.23 bits per heavy atom. The first-order valence-electron chi connectivity index (χ1n) is 8.60. The number of rotatable bonds is 3. The normalized spacial score (nSPS) is 21.9. The molecule has 6 heteroatoms. The van der Waals surface area contributed by atoms with Crippen LogP contribution in [0.2, 0.25) is 0 Å². The molecule has 0 aliphatic carbocycles. The summed E-state index contributed by atoms with van der Waals surface area (Å²) in [5.41, 5.74) is 3.27. The van der Waals surface area contributed by atoms with Gasteiger partial charge in [0, 0.05) is 6.20 Å². The van der Waals surface area contributed by atoms with Crippen molar-refractivity contribution >= 4 is 27.6 Å². The second kappa shape index (κ2) is 7.60. The Morgan fingerprint density at radius 2 is 2.08 bits per heavy atom. The summed E-state index contributed by atoms with van der Waals surface area (Å²) in [4.78, 5) is 18.8. The van der Waals surface area contributed by atoms with Gasteiger partial charge in [-0.2, -0.15) is 0 Å². The van der Waals surface area contributed by atoms with Gasteiger partial charge in [0.25, 0.3) is 0 Å². The first-order valence-corrected chi connectivity index (χ1v) is 9.39. The number of morpholine rings is 1. The number of amides is 1. The molecule has 1 aromatic carbocycles. The van der Waals surface area contributed by atoms with E-state index >= 15 is 0 Å². The number of pyridine rings is 1. The average Bonchev–Trinajstić information content (AvgIpc) is 2.66. The molecule has 2 bridgehead atoms. The summed E-state index contributed by atoms with van der Waals surface area (Å²) in [5, 5.41) is 0. The Balaban J connectivity index is 1.49. The molecule has 2 aliphatic heterocycles. The van der Waals surface area contributed by atoms with E-state index in [1.165, 1.54) is 5.57 Å². The minimum Gasteiger partial charge on any atom is -0.445 e. The lowest BCUT2D eigenvalue weighted by atomic mass is 9.91. The van der Waals surface area contributed by atoms with E-state index in [4.69, 9.17) is 9.47 Å². The Hall–Kier alpha value is -2.18. The highest BCUT2D eigenvalue weighted by molar-refractivity contribution is 9.10. The summed E-state index contributed by atoms with van der Waals surface area (Å²) in [6, 6.07) is 13.6. The summed E-state index contributed by atoms with van der Waals surface area (Å²) in [5.74, 6) is 0. The van der Waals surface area contributed by atoms with E-state index in [1.807, 2.05) is 53.6 Å². The van der Waals surface area contributed by atoms with E-state index in [-0.39, 0.29) is 24.8 Å². The number of carbonyl (C=O) groups is 1. The standard InChI is InChI=1S/C20H19BrN2O3/c21-19-7-6-15(10-22-19)16-8-17-12-25-13-18(9-16)23(17)20(24)26-11-14-4-2-1-3-5-14/h1-8,10,17-18H,9,11-13H2. The van der Waals surface area contributed by atoms with Crippen molar-refractivity contribution < 1.29 is 14.3 Å². The molecular formula is C20H19BrN2O3. The highest BCUT2D eigenvalue weighted by Gasteiger charge is 2.39. The van der Waals surface area contributed by atoms with Crippen LogP contribution in [-0.2, 0) is 16.1 Å². The lowest BCUT2D eigenvalue weighted by molar-refractivity contribution is -0.0342. The van der Waals surface area contributed by atoms with Gasteiger partial charge in [0.2, 0.25) is 0 Å². The second-order valence-electron chi connectivity index (χ2n) is 6.47. The average molecular weight is 415 g/mol. The van der Waals surface area contributed by atoms with E-state index in [0.29, 0.717) is 13.2 Å². The van der Waals surface area contributed by atoms with Crippen molar-refractivity contribution in [3.63, 3.8) is 0 Å². The van der Waals surface area contributed by atoms with Crippen LogP contribution in [-0.4, -0.2) is 41.3 Å². The third-order valence-electron chi connectivity index (χ3n) is 4.71. The third kappa shape index (κ3) is 3.66. The van der Waals surface area contributed by atoms with Gasteiger partial charge < -0.3 is 9.47 Å². The first-order chi connectivity index (χ1) is 12.7. The van der Waals surface area contributed by atoms with Crippen LogP contribution in [0.3, 0.4) is 0 Å². The number of fused-ring (bicyclic) bond motifs is 2. The van der Waals surface area contributed by atoms with Crippen LogP contribution in [0.4, 0.5) is 4.79 Å². The number of hydrogen-bond donors (Lipinski definition) is 0. The van der Waals surface area contributed by atoms with Crippen LogP contribution in [0.25, 0.3) is 5.57 Å². The number of hydrogen-bond acceptors (Lipinski definition) is 4. The number of aromatic nitrogens is 1. The Bertz CT molecular complexity index is 808. The summed E-state index contributed by atoms with van der Waals surface area (Å²) in [6.07, 6.45) is 4.41. The monoisotopic (exact) mass is 414 g/mol. The molecule has 5 nitrogen and oxygen atoms in total. The highest BCUT2D eigenvalue weighted by atomic mass is 79.9. The van der Waals surface area contributed by atoms with Crippen molar-refractivity contribution in [2.75, 3.05) is 13.2 Å². The molecule has 1 saturated heterocycles. The van der Waals surface area contributed by atoms with Gasteiger partial charge >= 0.3 is 6.09 Å². The van der Waals surface area contributed by atoms with E-state index in [1.54, 1.807) is 0 Å². The lowest BCUT2D eigenvalue weighted by Crippen LogP contribution is -2.56. The SMILES string of the molecule is O=C(OCc1ccccc1)N1C2C=C(c3ccc(Br)nc3)CC1COC2.